The number of pyridine rings is 1. The lowest BCUT2D eigenvalue weighted by atomic mass is 10.1. The van der Waals surface area contributed by atoms with Crippen molar-refractivity contribution in [1.82, 2.24) is 9.88 Å². The van der Waals surface area contributed by atoms with E-state index in [2.05, 4.69) is 4.98 Å². The van der Waals surface area contributed by atoms with E-state index in [1.54, 1.807) is 17.2 Å². The summed E-state index contributed by atoms with van der Waals surface area (Å²) < 4.78 is 5.29. The molecule has 1 N–H and O–H groups in total. The molecule has 2 heterocycles. The van der Waals surface area contributed by atoms with Crippen molar-refractivity contribution < 1.29 is 19.4 Å². The van der Waals surface area contributed by atoms with Crippen LogP contribution < -0.4 is 0 Å². The predicted molar refractivity (Wildman–Crippen MR) is 89.3 cm³/mol. The Kier molecular flexibility index (Phi) is 4.86. The van der Waals surface area contributed by atoms with Crippen LogP contribution in [0.4, 0.5) is 0 Å². The lowest BCUT2D eigenvalue weighted by molar-refractivity contribution is -0.143. The fourth-order valence-electron chi connectivity index (χ4n) is 2.84. The van der Waals surface area contributed by atoms with Crippen LogP contribution in [0, 0.1) is 0 Å². The summed E-state index contributed by atoms with van der Waals surface area (Å²) in [5.41, 5.74) is 1.76. The Bertz CT molecular complexity index is 782. The molecule has 24 heavy (non-hydrogen) atoms. The molecule has 3 rings (SSSR count). The number of carboxylic acids is 1. The number of rotatable bonds is 4. The number of hydrogen-bond acceptors (Lipinski definition) is 4. The maximum atomic E-state index is 12.5. The van der Waals surface area contributed by atoms with Gasteiger partial charge in [0.05, 0.1) is 31.2 Å². The second-order valence-corrected chi connectivity index (χ2v) is 5.61. The molecule has 2 aromatic rings. The van der Waals surface area contributed by atoms with Crippen molar-refractivity contribution in [1.29, 1.82) is 0 Å². The predicted octanol–water partition coefficient (Wildman–Crippen LogP) is 1.95. The van der Waals surface area contributed by atoms with Gasteiger partial charge in [-0.25, -0.2) is 0 Å². The number of morpholine rings is 1. The molecule has 1 unspecified atom stereocenters. The van der Waals surface area contributed by atoms with E-state index in [-0.39, 0.29) is 18.9 Å². The number of aliphatic carboxylic acids is 1. The first kappa shape index (κ1) is 16.1. The van der Waals surface area contributed by atoms with Crippen molar-refractivity contribution in [2.75, 3.05) is 19.8 Å². The summed E-state index contributed by atoms with van der Waals surface area (Å²) in [6, 6.07) is 9.13. The molecule has 1 aliphatic heterocycles. The van der Waals surface area contributed by atoms with E-state index in [0.29, 0.717) is 13.2 Å². The Morgan fingerprint density at radius 3 is 3.00 bits per heavy atom. The summed E-state index contributed by atoms with van der Waals surface area (Å²) in [5, 5.41) is 9.94. The summed E-state index contributed by atoms with van der Waals surface area (Å²) in [7, 11) is 0. The number of aromatic nitrogens is 1. The first-order chi connectivity index (χ1) is 11.6. The van der Waals surface area contributed by atoms with Crippen molar-refractivity contribution >= 4 is 28.9 Å². The van der Waals surface area contributed by atoms with E-state index in [1.165, 1.54) is 6.08 Å². The van der Waals surface area contributed by atoms with Crippen LogP contribution in [0.2, 0.25) is 0 Å². The summed E-state index contributed by atoms with van der Waals surface area (Å²) in [5.74, 6) is -1.14. The molecular weight excluding hydrogens is 308 g/mol. The van der Waals surface area contributed by atoms with E-state index in [1.807, 2.05) is 30.3 Å². The van der Waals surface area contributed by atoms with Crippen LogP contribution in [0.15, 0.2) is 42.6 Å². The average Bonchev–Trinajstić information content (AvgIpc) is 2.59. The molecule has 1 amide bonds. The number of para-hydroxylation sites is 1. The normalized spacial score (nSPS) is 18.2. The molecule has 1 saturated heterocycles. The molecule has 0 spiro atoms. The van der Waals surface area contributed by atoms with Crippen LogP contribution in [0.25, 0.3) is 17.0 Å². The lowest BCUT2D eigenvalue weighted by Crippen LogP contribution is -2.49. The lowest BCUT2D eigenvalue weighted by Gasteiger charge is -2.34. The number of ether oxygens (including phenoxy) is 1. The highest BCUT2D eigenvalue weighted by Crippen LogP contribution is 2.18. The van der Waals surface area contributed by atoms with E-state index in [4.69, 9.17) is 9.84 Å². The zero-order valence-corrected chi connectivity index (χ0v) is 13.1. The van der Waals surface area contributed by atoms with Gasteiger partial charge < -0.3 is 14.7 Å². The van der Waals surface area contributed by atoms with Gasteiger partial charge in [-0.2, -0.15) is 0 Å². The van der Waals surface area contributed by atoms with E-state index < -0.39 is 12.0 Å². The minimum atomic E-state index is -0.938. The van der Waals surface area contributed by atoms with Gasteiger partial charge in [-0.15, -0.1) is 0 Å². The van der Waals surface area contributed by atoms with Gasteiger partial charge >= 0.3 is 5.97 Å². The third-order valence-corrected chi connectivity index (χ3v) is 4.01. The topological polar surface area (TPSA) is 79.7 Å². The number of hydrogen-bond donors (Lipinski definition) is 1. The summed E-state index contributed by atoms with van der Waals surface area (Å²) in [6.07, 6.45) is 4.83. The molecule has 0 radical (unpaired) electrons. The maximum absolute atomic E-state index is 12.5. The van der Waals surface area contributed by atoms with E-state index in [9.17, 15) is 9.59 Å². The Morgan fingerprint density at radius 1 is 1.33 bits per heavy atom. The number of amides is 1. The molecule has 124 valence electrons. The number of carbonyl (C=O) groups excluding carboxylic acids is 1. The zero-order chi connectivity index (χ0) is 16.9. The Morgan fingerprint density at radius 2 is 2.17 bits per heavy atom. The minimum absolute atomic E-state index is 0.113. The molecule has 1 aromatic heterocycles. The molecule has 0 bridgehead atoms. The molecular formula is C18H18N2O4. The molecule has 1 fully saturated rings. The highest BCUT2D eigenvalue weighted by atomic mass is 16.5. The average molecular weight is 326 g/mol. The van der Waals surface area contributed by atoms with Crippen LogP contribution in [-0.4, -0.2) is 52.7 Å². The van der Waals surface area contributed by atoms with Gasteiger partial charge in [0.15, 0.2) is 0 Å². The van der Waals surface area contributed by atoms with Crippen molar-refractivity contribution in [2.45, 2.75) is 12.5 Å². The van der Waals surface area contributed by atoms with Crippen molar-refractivity contribution in [3.8, 4) is 0 Å². The van der Waals surface area contributed by atoms with Crippen molar-refractivity contribution in [3.05, 3.63) is 48.2 Å². The highest BCUT2D eigenvalue weighted by Gasteiger charge is 2.27. The fraction of sp³-hybridized carbons (Fsp3) is 0.278. The number of carboxylic acid groups (broad SMARTS) is 1. The largest absolute Gasteiger partial charge is 0.481 e. The zero-order valence-electron chi connectivity index (χ0n) is 13.1. The van der Waals surface area contributed by atoms with Gasteiger partial charge in [0.25, 0.3) is 0 Å². The van der Waals surface area contributed by atoms with Crippen LogP contribution in [0.1, 0.15) is 12.0 Å². The first-order valence-corrected chi connectivity index (χ1v) is 7.77. The highest BCUT2D eigenvalue weighted by molar-refractivity contribution is 5.96. The Hall–Kier alpha value is -2.73. The van der Waals surface area contributed by atoms with Crippen molar-refractivity contribution in [2.24, 2.45) is 0 Å². The van der Waals surface area contributed by atoms with Gasteiger partial charge in [-0.3, -0.25) is 14.6 Å². The quantitative estimate of drug-likeness (QED) is 0.869. The van der Waals surface area contributed by atoms with Crippen molar-refractivity contribution in [3.63, 3.8) is 0 Å². The maximum Gasteiger partial charge on any atom is 0.305 e. The van der Waals surface area contributed by atoms with Gasteiger partial charge in [-0.1, -0.05) is 18.2 Å². The molecule has 1 atom stereocenters. The van der Waals surface area contributed by atoms with Crippen LogP contribution in [-0.2, 0) is 14.3 Å². The molecule has 6 nitrogen and oxygen atoms in total. The van der Waals surface area contributed by atoms with Gasteiger partial charge in [0.1, 0.15) is 0 Å². The summed E-state index contributed by atoms with van der Waals surface area (Å²) in [4.78, 5) is 29.3. The Balaban J connectivity index is 1.79. The van der Waals surface area contributed by atoms with Gasteiger partial charge in [0.2, 0.25) is 5.91 Å². The number of carbonyl (C=O) groups is 2. The van der Waals surface area contributed by atoms with Crippen LogP contribution in [0.5, 0.6) is 0 Å². The van der Waals surface area contributed by atoms with E-state index in [0.717, 1.165) is 16.5 Å². The van der Waals surface area contributed by atoms with Crippen LogP contribution >= 0.6 is 0 Å². The third kappa shape index (κ3) is 3.60. The standard InChI is InChI=1S/C18H18N2O4/c21-17(20-9-10-24-12-14(20)11-18(22)23)6-5-13-7-8-19-16-4-2-1-3-15(13)16/h1-8,14H,9-12H2,(H,22,23)/b6-5+. The fourth-order valence-corrected chi connectivity index (χ4v) is 2.84. The first-order valence-electron chi connectivity index (χ1n) is 7.77. The Labute approximate surface area is 139 Å². The SMILES string of the molecule is O=C(O)CC1COCCN1C(=O)/C=C/c1ccnc2ccccc12. The van der Waals surface area contributed by atoms with Gasteiger partial charge in [-0.05, 0) is 23.8 Å². The second-order valence-electron chi connectivity index (χ2n) is 5.61. The third-order valence-electron chi connectivity index (χ3n) is 4.01. The molecule has 1 aliphatic rings. The molecule has 6 heteroatoms. The minimum Gasteiger partial charge on any atom is -0.481 e. The molecule has 0 aliphatic carbocycles. The second kappa shape index (κ2) is 7.23. The smallest absolute Gasteiger partial charge is 0.305 e. The molecule has 1 aromatic carbocycles. The summed E-state index contributed by atoms with van der Waals surface area (Å²) >= 11 is 0. The number of fused-ring (bicyclic) bond motifs is 1. The number of benzene rings is 1. The van der Waals surface area contributed by atoms with Gasteiger partial charge in [0, 0.05) is 24.2 Å². The van der Waals surface area contributed by atoms with Crippen LogP contribution in [0.3, 0.4) is 0 Å². The summed E-state index contributed by atoms with van der Waals surface area (Å²) in [6.45, 7) is 1.08. The van der Waals surface area contributed by atoms with E-state index >= 15 is 0 Å². The number of nitrogens with zero attached hydrogens (tertiary/aromatic N) is 2. The molecule has 0 saturated carbocycles. The monoisotopic (exact) mass is 326 g/mol.